The molecule has 2 atom stereocenters. The van der Waals surface area contributed by atoms with Crippen LogP contribution in [0.2, 0.25) is 0 Å². The second-order valence-electron chi connectivity index (χ2n) is 9.37. The van der Waals surface area contributed by atoms with Crippen LogP contribution < -0.4 is 21.7 Å². The Morgan fingerprint density at radius 3 is 2.47 bits per heavy atom. The minimum Gasteiger partial charge on any atom is -0.398 e. The zero-order valence-corrected chi connectivity index (χ0v) is 24.2. The number of rotatable bonds is 8. The van der Waals surface area contributed by atoms with Crippen LogP contribution in [0, 0.1) is 0 Å². The summed E-state index contributed by atoms with van der Waals surface area (Å²) in [5, 5.41) is 2.99. The van der Waals surface area contributed by atoms with E-state index in [0.717, 1.165) is 28.1 Å². The molecule has 38 heavy (non-hydrogen) atoms. The number of likely N-dealkylation sites (N-methyl/N-ethyl adjacent to an activating group) is 1. The maximum absolute atomic E-state index is 11.5. The molecule has 0 aromatic heterocycles. The van der Waals surface area contributed by atoms with E-state index in [2.05, 4.69) is 78.4 Å². The van der Waals surface area contributed by atoms with Crippen LogP contribution in [0.3, 0.4) is 0 Å². The molecule has 3 aromatic carbocycles. The number of carbonyl (C=O) groups excluding carboxylic acids is 1. The summed E-state index contributed by atoms with van der Waals surface area (Å²) in [6.45, 7) is 5.11. The molecule has 1 aliphatic heterocycles. The molecule has 1 heterocycles. The minimum absolute atomic E-state index is 0.0515. The predicted octanol–water partition coefficient (Wildman–Crippen LogP) is 5.19. The van der Waals surface area contributed by atoms with Crippen molar-refractivity contribution in [3.05, 3.63) is 95.1 Å². The number of allylic oxidation sites excluding steroid dienone is 1. The first-order valence-electron chi connectivity index (χ1n) is 12.5. The Hall–Kier alpha value is -2.91. The van der Waals surface area contributed by atoms with E-state index in [1.54, 1.807) is 25.3 Å². The van der Waals surface area contributed by atoms with Crippen molar-refractivity contribution >= 4 is 41.7 Å². The summed E-state index contributed by atoms with van der Waals surface area (Å²) in [7, 11) is 3.72. The van der Waals surface area contributed by atoms with Gasteiger partial charge in [0.2, 0.25) is 0 Å². The number of hydrogen-bond acceptors (Lipinski definition) is 7. The summed E-state index contributed by atoms with van der Waals surface area (Å²) < 4.78 is 4.82. The monoisotopic (exact) mass is 550 g/mol. The van der Waals surface area contributed by atoms with Crippen molar-refractivity contribution in [1.29, 1.82) is 0 Å². The number of nitrogens with two attached hydrogens (primary N) is 2. The number of para-hydroxylation sites is 1. The van der Waals surface area contributed by atoms with Gasteiger partial charge in [0, 0.05) is 47.8 Å². The number of anilines is 1. The van der Waals surface area contributed by atoms with Crippen LogP contribution in [-0.4, -0.2) is 44.6 Å². The maximum atomic E-state index is 11.5. The molecule has 2 unspecified atom stereocenters. The molecule has 0 saturated heterocycles. The first kappa shape index (κ1) is 29.6. The molecule has 0 saturated carbocycles. The second-order valence-corrected chi connectivity index (χ2v) is 11.0. The van der Waals surface area contributed by atoms with E-state index in [0.29, 0.717) is 18.7 Å². The fourth-order valence-corrected chi connectivity index (χ4v) is 5.63. The van der Waals surface area contributed by atoms with Crippen LogP contribution in [0.5, 0.6) is 0 Å². The van der Waals surface area contributed by atoms with Gasteiger partial charge in [-0.1, -0.05) is 53.7 Å². The van der Waals surface area contributed by atoms with Crippen LogP contribution in [0.25, 0.3) is 5.70 Å². The van der Waals surface area contributed by atoms with Gasteiger partial charge in [-0.3, -0.25) is 4.79 Å². The zero-order valence-electron chi connectivity index (χ0n) is 22.5. The van der Waals surface area contributed by atoms with Crippen molar-refractivity contribution in [3.8, 4) is 0 Å². The topological polar surface area (TPSA) is 93.6 Å². The number of thiol groups is 1. The standard InChI is InChI=1S/C20H25N3S.C10H13NO2S/c1-13(2)19(22)15-8-6-7-14(11-15)12-16(21)20-23(3)17-9-4-5-10-18(17)24-20;1-13-6-5-11-10(12)8-3-2-4-9(14)7-8/h4-11,16,20H,12,21-22H2,1-3H3;2-4,7,14H,5-6H2,1H3,(H,11,12). The fraction of sp³-hybridized carbons (Fsp3) is 0.300. The largest absolute Gasteiger partial charge is 0.398 e. The lowest BCUT2D eigenvalue weighted by atomic mass is 10.0. The number of nitrogens with zero attached hydrogens (tertiary/aromatic N) is 1. The Morgan fingerprint density at radius 1 is 1.08 bits per heavy atom. The van der Waals surface area contributed by atoms with Crippen molar-refractivity contribution in [2.75, 3.05) is 32.2 Å². The molecule has 0 spiro atoms. The number of nitrogens with one attached hydrogen (secondary N) is 1. The molecule has 0 aliphatic carbocycles. The van der Waals surface area contributed by atoms with E-state index in [9.17, 15) is 4.79 Å². The van der Waals surface area contributed by atoms with Gasteiger partial charge in [0.15, 0.2) is 0 Å². The van der Waals surface area contributed by atoms with Gasteiger partial charge in [-0.25, -0.2) is 0 Å². The first-order valence-corrected chi connectivity index (χ1v) is 13.9. The van der Waals surface area contributed by atoms with Gasteiger partial charge >= 0.3 is 0 Å². The number of ether oxygens (including phenoxy) is 1. The average Bonchev–Trinajstić information content (AvgIpc) is 3.25. The van der Waals surface area contributed by atoms with Gasteiger partial charge in [-0.05, 0) is 67.8 Å². The van der Waals surface area contributed by atoms with Gasteiger partial charge in [0.1, 0.15) is 0 Å². The minimum atomic E-state index is -0.0991. The van der Waals surface area contributed by atoms with Crippen molar-refractivity contribution in [3.63, 3.8) is 0 Å². The van der Waals surface area contributed by atoms with Crippen molar-refractivity contribution in [2.45, 2.75) is 41.5 Å². The van der Waals surface area contributed by atoms with Crippen LogP contribution in [-0.2, 0) is 11.2 Å². The number of carbonyl (C=O) groups is 1. The van der Waals surface area contributed by atoms with Crippen LogP contribution in [0.4, 0.5) is 5.69 Å². The molecule has 0 fully saturated rings. The molecule has 0 radical (unpaired) electrons. The van der Waals surface area contributed by atoms with Crippen LogP contribution in [0.1, 0.15) is 35.3 Å². The lowest BCUT2D eigenvalue weighted by Gasteiger charge is -2.27. The number of methoxy groups -OCH3 is 1. The Morgan fingerprint density at radius 2 is 1.79 bits per heavy atom. The molecule has 202 valence electrons. The highest BCUT2D eigenvalue weighted by atomic mass is 32.2. The lowest BCUT2D eigenvalue weighted by molar-refractivity contribution is 0.0937. The molecule has 4 rings (SSSR count). The van der Waals surface area contributed by atoms with Crippen LogP contribution in [0.15, 0.2) is 88.2 Å². The molecule has 3 aromatic rings. The highest BCUT2D eigenvalue weighted by Crippen LogP contribution is 2.43. The molecule has 0 bridgehead atoms. The summed E-state index contributed by atoms with van der Waals surface area (Å²) in [6.07, 6.45) is 0.833. The van der Waals surface area contributed by atoms with Crippen molar-refractivity contribution < 1.29 is 9.53 Å². The third-order valence-electron chi connectivity index (χ3n) is 6.19. The van der Waals surface area contributed by atoms with E-state index in [4.69, 9.17) is 16.2 Å². The third-order valence-corrected chi connectivity index (χ3v) is 7.97. The highest BCUT2D eigenvalue weighted by molar-refractivity contribution is 8.00. The van der Waals surface area contributed by atoms with Crippen molar-refractivity contribution in [1.82, 2.24) is 5.32 Å². The quantitative estimate of drug-likeness (QED) is 0.228. The van der Waals surface area contributed by atoms with E-state index in [1.807, 2.05) is 31.7 Å². The SMILES string of the molecule is CC(C)=C(N)c1cccc(CC(N)C2Sc3ccccc3N2C)c1.COCCNC(=O)c1cccc(S)c1. The zero-order chi connectivity index (χ0) is 27.7. The average molecular weight is 551 g/mol. The maximum Gasteiger partial charge on any atom is 0.251 e. The third kappa shape index (κ3) is 8.04. The smallest absolute Gasteiger partial charge is 0.251 e. The first-order chi connectivity index (χ1) is 18.2. The Balaban J connectivity index is 0.000000244. The molecule has 1 aliphatic rings. The van der Waals surface area contributed by atoms with E-state index in [-0.39, 0.29) is 17.3 Å². The molecular formula is C30H38N4O2S2. The predicted molar refractivity (Wildman–Crippen MR) is 163 cm³/mol. The number of amides is 1. The highest BCUT2D eigenvalue weighted by Gasteiger charge is 2.31. The summed E-state index contributed by atoms with van der Waals surface area (Å²) in [4.78, 5) is 15.9. The van der Waals surface area contributed by atoms with Gasteiger partial charge in [-0.15, -0.1) is 12.6 Å². The molecule has 6 nitrogen and oxygen atoms in total. The summed E-state index contributed by atoms with van der Waals surface area (Å²) in [5.74, 6) is -0.0991. The van der Waals surface area contributed by atoms with Gasteiger partial charge in [0.05, 0.1) is 17.7 Å². The molecule has 1 amide bonds. The van der Waals surface area contributed by atoms with Gasteiger partial charge in [-0.2, -0.15) is 0 Å². The Bertz CT molecular complexity index is 1260. The molecular weight excluding hydrogens is 512 g/mol. The number of thioether (sulfide) groups is 1. The Labute approximate surface area is 236 Å². The fourth-order valence-electron chi connectivity index (χ4n) is 4.11. The van der Waals surface area contributed by atoms with Gasteiger partial charge in [0.25, 0.3) is 5.91 Å². The number of benzene rings is 3. The van der Waals surface area contributed by atoms with E-state index in [1.165, 1.54) is 16.1 Å². The summed E-state index contributed by atoms with van der Waals surface area (Å²) >= 11 is 6.01. The summed E-state index contributed by atoms with van der Waals surface area (Å²) in [5.41, 5.74) is 18.9. The van der Waals surface area contributed by atoms with Crippen molar-refractivity contribution in [2.24, 2.45) is 11.5 Å². The lowest BCUT2D eigenvalue weighted by Crippen LogP contribution is -2.43. The van der Waals surface area contributed by atoms with Gasteiger partial charge < -0.3 is 26.4 Å². The number of fused-ring (bicyclic) bond motifs is 1. The molecule has 8 heteroatoms. The normalized spacial score (nSPS) is 14.7. The molecule has 5 N–H and O–H groups in total. The van der Waals surface area contributed by atoms with Crippen LogP contribution >= 0.6 is 24.4 Å². The van der Waals surface area contributed by atoms with E-state index >= 15 is 0 Å². The Kier molecular flexibility index (Phi) is 11.2. The van der Waals surface area contributed by atoms with E-state index < -0.39 is 0 Å². The number of hydrogen-bond donors (Lipinski definition) is 4. The summed E-state index contributed by atoms with van der Waals surface area (Å²) in [6, 6.07) is 24.1. The second kappa shape index (κ2) is 14.3.